The van der Waals surface area contributed by atoms with Gasteiger partial charge in [0.15, 0.2) is 0 Å². The zero-order chi connectivity index (χ0) is 27.2. The molecule has 37 heavy (non-hydrogen) atoms. The molecule has 1 saturated heterocycles. The number of aliphatic carboxylic acids is 1. The van der Waals surface area contributed by atoms with Gasteiger partial charge in [-0.25, -0.2) is 4.79 Å². The summed E-state index contributed by atoms with van der Waals surface area (Å²) < 4.78 is 37.8. The minimum absolute atomic E-state index is 0.236. The highest BCUT2D eigenvalue weighted by molar-refractivity contribution is 6.07. The number of alkyl halides is 3. The summed E-state index contributed by atoms with van der Waals surface area (Å²) in [5.41, 5.74) is 9.76. The van der Waals surface area contributed by atoms with Crippen LogP contribution in [0.3, 0.4) is 0 Å². The average Bonchev–Trinajstić information content (AvgIpc) is 3.22. The van der Waals surface area contributed by atoms with E-state index in [0.717, 1.165) is 28.0 Å². The molecule has 2 aliphatic rings. The highest BCUT2D eigenvalue weighted by Crippen LogP contribution is 2.33. The van der Waals surface area contributed by atoms with Crippen molar-refractivity contribution in [1.29, 1.82) is 0 Å². The van der Waals surface area contributed by atoms with Gasteiger partial charge < -0.3 is 20.5 Å². The zero-order valence-corrected chi connectivity index (χ0v) is 19.7. The van der Waals surface area contributed by atoms with Gasteiger partial charge in [-0.1, -0.05) is 36.4 Å². The highest BCUT2D eigenvalue weighted by Gasteiger charge is 2.38. The summed E-state index contributed by atoms with van der Waals surface area (Å²) in [5, 5.41) is 9.44. The normalized spacial score (nSPS) is 17.2. The van der Waals surface area contributed by atoms with Crippen LogP contribution in [0.5, 0.6) is 5.75 Å². The molecule has 2 aromatic rings. The number of carbonyl (C=O) groups excluding carboxylic acids is 3. The number of benzene rings is 2. The van der Waals surface area contributed by atoms with E-state index in [1.54, 1.807) is 4.90 Å². The molecular weight excluding hydrogens is 495 g/mol. The molecule has 2 aliphatic heterocycles. The predicted octanol–water partition coefficient (Wildman–Crippen LogP) is 2.64. The smallest absolute Gasteiger partial charge is 0.489 e. The topological polar surface area (TPSA) is 139 Å². The number of nitrogens with two attached hydrogens (primary N) is 1. The Balaban J connectivity index is 0.000000479. The standard InChI is InChI=1S/C23H25N3O4.C2HF3O2/c24-11-15-4-1-5-16(10-15)14-30-20-8-2-6-17-12-26(13-19(17)20)23(29)18-7-3-9-21(27)25-22(18)28;3-2(4,5)1(6)7/h1-2,4-6,8,10,18H,3,7,9,11-14,24H2,(H,25,27,28);(H,6,7)/t18-;/m0./s1. The summed E-state index contributed by atoms with van der Waals surface area (Å²) in [6, 6.07) is 13.7. The number of amides is 3. The van der Waals surface area contributed by atoms with Gasteiger partial charge >= 0.3 is 12.1 Å². The molecule has 1 fully saturated rings. The Morgan fingerprint density at radius 3 is 2.46 bits per heavy atom. The number of carboxylic acids is 1. The number of carbonyl (C=O) groups is 4. The van der Waals surface area contributed by atoms with E-state index in [4.69, 9.17) is 20.4 Å². The Labute approximate surface area is 210 Å². The van der Waals surface area contributed by atoms with Crippen LogP contribution < -0.4 is 15.8 Å². The fourth-order valence-corrected chi connectivity index (χ4v) is 4.03. The average molecular weight is 521 g/mol. The molecule has 2 heterocycles. The van der Waals surface area contributed by atoms with Crippen LogP contribution in [0.25, 0.3) is 0 Å². The number of fused-ring (bicyclic) bond motifs is 1. The lowest BCUT2D eigenvalue weighted by Crippen LogP contribution is -2.42. The van der Waals surface area contributed by atoms with Gasteiger partial charge in [0.05, 0.1) is 6.54 Å². The first-order valence-corrected chi connectivity index (χ1v) is 11.4. The molecule has 3 amide bonds. The van der Waals surface area contributed by atoms with Crippen LogP contribution in [-0.4, -0.2) is 39.9 Å². The van der Waals surface area contributed by atoms with E-state index in [1.807, 2.05) is 42.5 Å². The molecular formula is C25H26F3N3O6. The maximum atomic E-state index is 13.0. The monoisotopic (exact) mass is 521 g/mol. The second-order valence-electron chi connectivity index (χ2n) is 8.56. The van der Waals surface area contributed by atoms with E-state index in [-0.39, 0.29) is 18.2 Å². The van der Waals surface area contributed by atoms with E-state index in [2.05, 4.69) is 5.32 Å². The Bertz CT molecular complexity index is 1180. The quantitative estimate of drug-likeness (QED) is 0.406. The molecule has 0 saturated carbocycles. The van der Waals surface area contributed by atoms with E-state index < -0.39 is 24.0 Å². The highest BCUT2D eigenvalue weighted by atomic mass is 19.4. The number of carboxylic acid groups (broad SMARTS) is 1. The van der Waals surface area contributed by atoms with Gasteiger partial charge in [-0.05, 0) is 35.6 Å². The third-order valence-electron chi connectivity index (χ3n) is 5.89. The van der Waals surface area contributed by atoms with Gasteiger partial charge in [-0.3, -0.25) is 19.7 Å². The zero-order valence-electron chi connectivity index (χ0n) is 19.7. The summed E-state index contributed by atoms with van der Waals surface area (Å²) in [5.74, 6) is -3.87. The van der Waals surface area contributed by atoms with Crippen molar-refractivity contribution < 1.29 is 42.2 Å². The van der Waals surface area contributed by atoms with E-state index >= 15 is 0 Å². The molecule has 0 spiro atoms. The first-order chi connectivity index (χ1) is 17.5. The summed E-state index contributed by atoms with van der Waals surface area (Å²) in [6.07, 6.45) is -3.88. The van der Waals surface area contributed by atoms with Crippen molar-refractivity contribution in [2.45, 2.75) is 51.7 Å². The number of hydrogen-bond donors (Lipinski definition) is 3. The van der Waals surface area contributed by atoms with Crippen LogP contribution in [0.2, 0.25) is 0 Å². The van der Waals surface area contributed by atoms with Crippen molar-refractivity contribution in [1.82, 2.24) is 10.2 Å². The summed E-state index contributed by atoms with van der Waals surface area (Å²) >= 11 is 0. The van der Waals surface area contributed by atoms with E-state index in [9.17, 15) is 27.6 Å². The first-order valence-electron chi connectivity index (χ1n) is 11.4. The second-order valence-corrected chi connectivity index (χ2v) is 8.56. The fourth-order valence-electron chi connectivity index (χ4n) is 4.03. The fraction of sp³-hybridized carbons (Fsp3) is 0.360. The molecule has 0 aliphatic carbocycles. The largest absolute Gasteiger partial charge is 0.490 e. The van der Waals surface area contributed by atoms with Crippen molar-refractivity contribution in [3.05, 3.63) is 64.7 Å². The number of halogens is 3. The Morgan fingerprint density at radius 1 is 1.11 bits per heavy atom. The molecule has 0 unspecified atom stereocenters. The molecule has 198 valence electrons. The Hall–Kier alpha value is -3.93. The number of rotatable bonds is 5. The SMILES string of the molecule is NCc1cccc(COc2cccc3c2CN(C(=O)[C@H]2CCCC(=O)NC2=O)C3)c1.O=C(O)C(F)(F)F. The number of imide groups is 1. The predicted molar refractivity (Wildman–Crippen MR) is 124 cm³/mol. The van der Waals surface area contributed by atoms with Gasteiger partial charge in [0.2, 0.25) is 17.7 Å². The lowest BCUT2D eigenvalue weighted by Gasteiger charge is -2.21. The second kappa shape index (κ2) is 11.9. The van der Waals surface area contributed by atoms with Crippen LogP contribution in [0.15, 0.2) is 42.5 Å². The van der Waals surface area contributed by atoms with Crippen molar-refractivity contribution in [3.8, 4) is 5.75 Å². The van der Waals surface area contributed by atoms with Crippen molar-refractivity contribution in [3.63, 3.8) is 0 Å². The maximum absolute atomic E-state index is 13.0. The molecule has 9 nitrogen and oxygen atoms in total. The Morgan fingerprint density at radius 2 is 1.78 bits per heavy atom. The molecule has 0 aromatic heterocycles. The molecule has 4 rings (SSSR count). The van der Waals surface area contributed by atoms with Gasteiger partial charge in [-0.2, -0.15) is 13.2 Å². The van der Waals surface area contributed by atoms with Crippen LogP contribution in [0, 0.1) is 5.92 Å². The molecule has 2 aromatic carbocycles. The molecule has 1 atom stereocenters. The van der Waals surface area contributed by atoms with Gasteiger partial charge in [0.25, 0.3) is 0 Å². The number of ether oxygens (including phenoxy) is 1. The van der Waals surface area contributed by atoms with E-state index in [1.165, 1.54) is 0 Å². The molecule has 0 bridgehead atoms. The number of hydrogen-bond acceptors (Lipinski definition) is 6. The van der Waals surface area contributed by atoms with E-state index in [0.29, 0.717) is 39.1 Å². The summed E-state index contributed by atoms with van der Waals surface area (Å²) in [6.45, 7) is 1.72. The third-order valence-corrected chi connectivity index (χ3v) is 5.89. The van der Waals surface area contributed by atoms with Crippen molar-refractivity contribution >= 4 is 23.7 Å². The minimum Gasteiger partial charge on any atom is -0.489 e. The lowest BCUT2D eigenvalue weighted by molar-refractivity contribution is -0.192. The van der Waals surface area contributed by atoms with Crippen LogP contribution in [0.1, 0.15) is 41.5 Å². The number of nitrogens with one attached hydrogen (secondary N) is 1. The minimum atomic E-state index is -5.08. The Kier molecular flexibility index (Phi) is 8.87. The maximum Gasteiger partial charge on any atom is 0.490 e. The molecule has 4 N–H and O–H groups in total. The number of nitrogens with zero attached hydrogens (tertiary/aromatic N) is 1. The van der Waals surface area contributed by atoms with Crippen LogP contribution >= 0.6 is 0 Å². The van der Waals surface area contributed by atoms with Gasteiger partial charge in [0, 0.05) is 25.1 Å². The van der Waals surface area contributed by atoms with Crippen LogP contribution in [0.4, 0.5) is 13.2 Å². The summed E-state index contributed by atoms with van der Waals surface area (Å²) in [7, 11) is 0. The van der Waals surface area contributed by atoms with Gasteiger partial charge in [0.1, 0.15) is 18.3 Å². The van der Waals surface area contributed by atoms with Crippen molar-refractivity contribution in [2.75, 3.05) is 0 Å². The van der Waals surface area contributed by atoms with Crippen LogP contribution in [-0.2, 0) is 45.4 Å². The third kappa shape index (κ3) is 7.29. The lowest BCUT2D eigenvalue weighted by atomic mass is 10.0. The molecule has 0 radical (unpaired) electrons. The summed E-state index contributed by atoms with van der Waals surface area (Å²) in [4.78, 5) is 47.4. The van der Waals surface area contributed by atoms with Crippen molar-refractivity contribution in [2.24, 2.45) is 11.7 Å². The van der Waals surface area contributed by atoms with Gasteiger partial charge in [-0.15, -0.1) is 0 Å². The first kappa shape index (κ1) is 27.7. The molecule has 12 heteroatoms.